The highest BCUT2D eigenvalue weighted by molar-refractivity contribution is 5.80. The lowest BCUT2D eigenvalue weighted by molar-refractivity contribution is 0.258. The highest BCUT2D eigenvalue weighted by Gasteiger charge is 2.34. The quantitative estimate of drug-likeness (QED) is 0.662. The highest BCUT2D eigenvalue weighted by atomic mass is 15.3. The van der Waals surface area contributed by atoms with Crippen molar-refractivity contribution >= 4 is 5.96 Å². The van der Waals surface area contributed by atoms with Gasteiger partial charge in [-0.1, -0.05) is 37.3 Å². The van der Waals surface area contributed by atoms with Crippen LogP contribution in [0.4, 0.5) is 0 Å². The summed E-state index contributed by atoms with van der Waals surface area (Å²) in [7, 11) is 1.86. The Morgan fingerprint density at radius 3 is 2.55 bits per heavy atom. The predicted molar refractivity (Wildman–Crippen MR) is 91.9 cm³/mol. The first-order valence-electron chi connectivity index (χ1n) is 8.43. The fourth-order valence-corrected chi connectivity index (χ4v) is 3.30. The first-order chi connectivity index (χ1) is 10.7. The Hall–Kier alpha value is -1.55. The molecule has 1 saturated carbocycles. The van der Waals surface area contributed by atoms with E-state index in [2.05, 4.69) is 64.7 Å². The van der Waals surface area contributed by atoms with Crippen LogP contribution in [-0.4, -0.2) is 42.6 Å². The minimum Gasteiger partial charge on any atom is -0.353 e. The van der Waals surface area contributed by atoms with Gasteiger partial charge in [0.2, 0.25) is 0 Å². The van der Waals surface area contributed by atoms with E-state index in [1.807, 2.05) is 7.05 Å². The zero-order valence-corrected chi connectivity index (χ0v) is 13.9. The van der Waals surface area contributed by atoms with Crippen molar-refractivity contribution in [1.82, 2.24) is 15.5 Å². The van der Waals surface area contributed by atoms with Gasteiger partial charge in [0.15, 0.2) is 5.96 Å². The molecule has 2 fully saturated rings. The second-order valence-corrected chi connectivity index (χ2v) is 6.88. The van der Waals surface area contributed by atoms with E-state index in [4.69, 9.17) is 0 Å². The van der Waals surface area contributed by atoms with Gasteiger partial charge in [-0.3, -0.25) is 9.89 Å². The van der Waals surface area contributed by atoms with E-state index in [0.29, 0.717) is 18.1 Å². The maximum Gasteiger partial charge on any atom is 0.191 e. The average Bonchev–Trinajstić information content (AvgIpc) is 3.10. The molecule has 1 heterocycles. The van der Waals surface area contributed by atoms with Crippen LogP contribution >= 0.6 is 0 Å². The maximum absolute atomic E-state index is 4.38. The van der Waals surface area contributed by atoms with Gasteiger partial charge >= 0.3 is 0 Å². The lowest BCUT2D eigenvalue weighted by atomic mass is 10.2. The zero-order valence-electron chi connectivity index (χ0n) is 13.9. The van der Waals surface area contributed by atoms with E-state index in [1.54, 1.807) is 0 Å². The number of hydrogen-bond acceptors (Lipinski definition) is 2. The van der Waals surface area contributed by atoms with Gasteiger partial charge in [-0.15, -0.1) is 0 Å². The minimum absolute atomic E-state index is 0.485. The van der Waals surface area contributed by atoms with E-state index >= 15 is 0 Å². The van der Waals surface area contributed by atoms with E-state index in [0.717, 1.165) is 25.0 Å². The first-order valence-corrected chi connectivity index (χ1v) is 8.43. The van der Waals surface area contributed by atoms with Crippen LogP contribution in [0.5, 0.6) is 0 Å². The van der Waals surface area contributed by atoms with Crippen LogP contribution in [0.1, 0.15) is 32.3 Å². The first kappa shape index (κ1) is 15.3. The Bertz CT molecular complexity index is 513. The molecular weight excluding hydrogens is 272 g/mol. The third-order valence-corrected chi connectivity index (χ3v) is 4.93. The average molecular weight is 300 g/mol. The monoisotopic (exact) mass is 300 g/mol. The molecule has 22 heavy (non-hydrogen) atoms. The molecular formula is C18H28N4. The number of hydrogen-bond donors (Lipinski definition) is 2. The Labute approximate surface area is 134 Å². The van der Waals surface area contributed by atoms with Gasteiger partial charge in [0.25, 0.3) is 0 Å². The van der Waals surface area contributed by atoms with Crippen molar-refractivity contribution in [3.05, 3.63) is 35.9 Å². The Balaban J connectivity index is 1.51. The van der Waals surface area contributed by atoms with Crippen LogP contribution in [-0.2, 0) is 6.54 Å². The van der Waals surface area contributed by atoms with Crippen molar-refractivity contribution in [2.24, 2.45) is 10.9 Å². The Morgan fingerprint density at radius 1 is 1.18 bits per heavy atom. The summed E-state index contributed by atoms with van der Waals surface area (Å²) in [4.78, 5) is 6.93. The standard InChI is InChI=1S/C18H28N4/c1-13-9-17(13)21-18(19-3)20-16-10-14(2)22(12-16)11-15-7-5-4-6-8-15/h4-8,13-14,16-17H,9-12H2,1-3H3,(H2,19,20,21). The molecule has 1 saturated heterocycles. The molecule has 0 spiro atoms. The van der Waals surface area contributed by atoms with Crippen molar-refractivity contribution in [3.63, 3.8) is 0 Å². The summed E-state index contributed by atoms with van der Waals surface area (Å²) in [6.45, 7) is 6.72. The summed E-state index contributed by atoms with van der Waals surface area (Å²) < 4.78 is 0. The molecule has 4 nitrogen and oxygen atoms in total. The molecule has 4 unspecified atom stereocenters. The predicted octanol–water partition coefficient (Wildman–Crippen LogP) is 2.22. The molecule has 4 atom stereocenters. The molecule has 0 aromatic heterocycles. The SMILES string of the molecule is CN=C(NC1CC(C)N(Cc2ccccc2)C1)NC1CC1C. The van der Waals surface area contributed by atoms with Crippen molar-refractivity contribution < 1.29 is 0 Å². The van der Waals surface area contributed by atoms with E-state index < -0.39 is 0 Å². The largest absolute Gasteiger partial charge is 0.353 e. The van der Waals surface area contributed by atoms with Gasteiger partial charge in [0.1, 0.15) is 0 Å². The van der Waals surface area contributed by atoms with Crippen molar-refractivity contribution in [1.29, 1.82) is 0 Å². The summed E-state index contributed by atoms with van der Waals surface area (Å²) >= 11 is 0. The zero-order chi connectivity index (χ0) is 15.5. The van der Waals surface area contributed by atoms with Gasteiger partial charge in [0.05, 0.1) is 0 Å². The fraction of sp³-hybridized carbons (Fsp3) is 0.611. The summed E-state index contributed by atoms with van der Waals surface area (Å²) in [5.41, 5.74) is 1.39. The second kappa shape index (κ2) is 6.69. The molecule has 2 N–H and O–H groups in total. The van der Waals surface area contributed by atoms with E-state index in [1.165, 1.54) is 18.4 Å². The molecule has 4 heteroatoms. The van der Waals surface area contributed by atoms with Crippen molar-refractivity contribution in [3.8, 4) is 0 Å². The summed E-state index contributed by atoms with van der Waals surface area (Å²) in [5.74, 6) is 1.75. The van der Waals surface area contributed by atoms with E-state index in [9.17, 15) is 0 Å². The number of aliphatic imine (C=N–C) groups is 1. The van der Waals surface area contributed by atoms with Crippen LogP contribution in [0.15, 0.2) is 35.3 Å². The summed E-state index contributed by atoms with van der Waals surface area (Å²) in [5, 5.41) is 7.12. The number of rotatable bonds is 4. The Kier molecular flexibility index (Phi) is 4.67. The van der Waals surface area contributed by atoms with Crippen LogP contribution < -0.4 is 10.6 Å². The van der Waals surface area contributed by atoms with Crippen LogP contribution in [0.3, 0.4) is 0 Å². The third-order valence-electron chi connectivity index (χ3n) is 4.93. The van der Waals surface area contributed by atoms with Gasteiger partial charge in [0, 0.05) is 38.3 Å². The molecule has 1 aliphatic carbocycles. The number of nitrogens with one attached hydrogen (secondary N) is 2. The number of nitrogens with zero attached hydrogens (tertiary/aromatic N) is 2. The lowest BCUT2D eigenvalue weighted by Crippen LogP contribution is -2.45. The minimum atomic E-state index is 0.485. The molecule has 3 rings (SSSR count). The molecule has 0 amide bonds. The number of guanidine groups is 1. The van der Waals surface area contributed by atoms with Gasteiger partial charge in [-0.05, 0) is 31.2 Å². The van der Waals surface area contributed by atoms with E-state index in [-0.39, 0.29) is 0 Å². The van der Waals surface area contributed by atoms with Crippen LogP contribution in [0.25, 0.3) is 0 Å². The molecule has 0 bridgehead atoms. The third kappa shape index (κ3) is 3.80. The van der Waals surface area contributed by atoms with Crippen molar-refractivity contribution in [2.75, 3.05) is 13.6 Å². The molecule has 0 radical (unpaired) electrons. The maximum atomic E-state index is 4.38. The van der Waals surface area contributed by atoms with Crippen LogP contribution in [0.2, 0.25) is 0 Å². The van der Waals surface area contributed by atoms with Gasteiger partial charge in [-0.25, -0.2) is 0 Å². The van der Waals surface area contributed by atoms with Crippen LogP contribution in [0, 0.1) is 5.92 Å². The smallest absolute Gasteiger partial charge is 0.191 e. The summed E-state index contributed by atoms with van der Waals surface area (Å²) in [6.07, 6.45) is 2.44. The van der Waals surface area contributed by atoms with Gasteiger partial charge in [-0.2, -0.15) is 0 Å². The normalized spacial score (nSPS) is 32.0. The molecule has 1 aromatic carbocycles. The second-order valence-electron chi connectivity index (χ2n) is 6.88. The molecule has 2 aliphatic rings. The molecule has 1 aliphatic heterocycles. The van der Waals surface area contributed by atoms with Gasteiger partial charge < -0.3 is 10.6 Å². The molecule has 1 aromatic rings. The van der Waals surface area contributed by atoms with Crippen molar-refractivity contribution in [2.45, 2.75) is 51.4 Å². The number of likely N-dealkylation sites (tertiary alicyclic amines) is 1. The topological polar surface area (TPSA) is 39.7 Å². The molecule has 120 valence electrons. The summed E-state index contributed by atoms with van der Waals surface area (Å²) in [6, 6.07) is 12.4. The number of benzene rings is 1. The highest BCUT2D eigenvalue weighted by Crippen LogP contribution is 2.29. The lowest BCUT2D eigenvalue weighted by Gasteiger charge is -2.21. The fourth-order valence-electron chi connectivity index (χ4n) is 3.30. The Morgan fingerprint density at radius 2 is 1.91 bits per heavy atom.